The third-order valence-corrected chi connectivity index (χ3v) is 3.08. The van der Waals surface area contributed by atoms with Gasteiger partial charge in [0.15, 0.2) is 0 Å². The molecule has 0 spiro atoms. The number of rotatable bonds is 3. The number of ether oxygens (including phenoxy) is 1. The molecular formula is C15H14O3. The summed E-state index contributed by atoms with van der Waals surface area (Å²) in [6.07, 6.45) is 0.824. The highest BCUT2D eigenvalue weighted by Crippen LogP contribution is 2.23. The Morgan fingerprint density at radius 3 is 2.50 bits per heavy atom. The maximum atomic E-state index is 11.5. The van der Waals surface area contributed by atoms with Crippen molar-refractivity contribution in [3.05, 3.63) is 47.5 Å². The number of hydrogen-bond donors (Lipinski definition) is 0. The van der Waals surface area contributed by atoms with E-state index in [2.05, 4.69) is 0 Å². The molecule has 0 aromatic heterocycles. The van der Waals surface area contributed by atoms with Crippen LogP contribution in [0.4, 0.5) is 0 Å². The second-order valence-corrected chi connectivity index (χ2v) is 4.23. The molecule has 3 nitrogen and oxygen atoms in total. The molecule has 1 unspecified atom stereocenters. The van der Waals surface area contributed by atoms with Crippen molar-refractivity contribution < 1.29 is 14.3 Å². The zero-order valence-corrected chi connectivity index (χ0v) is 10.3. The Morgan fingerprint density at radius 1 is 1.17 bits per heavy atom. The molecule has 18 heavy (non-hydrogen) atoms. The van der Waals surface area contributed by atoms with Crippen LogP contribution in [0.25, 0.3) is 10.8 Å². The van der Waals surface area contributed by atoms with Gasteiger partial charge in [0, 0.05) is 5.56 Å². The molecule has 3 heteroatoms. The van der Waals surface area contributed by atoms with Crippen LogP contribution in [-0.2, 0) is 9.53 Å². The van der Waals surface area contributed by atoms with Gasteiger partial charge in [-0.3, -0.25) is 9.59 Å². The zero-order chi connectivity index (χ0) is 13.1. The summed E-state index contributed by atoms with van der Waals surface area (Å²) >= 11 is 0. The van der Waals surface area contributed by atoms with Crippen molar-refractivity contribution in [3.8, 4) is 0 Å². The molecule has 0 N–H and O–H groups in total. The van der Waals surface area contributed by atoms with Gasteiger partial charge in [-0.15, -0.1) is 0 Å². The van der Waals surface area contributed by atoms with Crippen LogP contribution in [0.3, 0.4) is 0 Å². The lowest BCUT2D eigenvalue weighted by Crippen LogP contribution is -2.10. The van der Waals surface area contributed by atoms with Crippen molar-refractivity contribution in [3.63, 3.8) is 0 Å². The van der Waals surface area contributed by atoms with Gasteiger partial charge in [0.05, 0.1) is 13.0 Å². The first-order valence-electron chi connectivity index (χ1n) is 5.72. The highest BCUT2D eigenvalue weighted by atomic mass is 16.5. The molecule has 2 rings (SSSR count). The Balaban J connectivity index is 2.44. The molecule has 0 fully saturated rings. The second kappa shape index (κ2) is 5.00. The molecular weight excluding hydrogens is 228 g/mol. The molecule has 92 valence electrons. The number of fused-ring (bicyclic) bond motifs is 1. The highest BCUT2D eigenvalue weighted by Gasteiger charge is 2.15. The van der Waals surface area contributed by atoms with Gasteiger partial charge in [-0.05, 0) is 29.3 Å². The number of hydrogen-bond acceptors (Lipinski definition) is 3. The molecule has 2 aromatic rings. The van der Waals surface area contributed by atoms with Gasteiger partial charge < -0.3 is 4.74 Å². The van der Waals surface area contributed by atoms with Gasteiger partial charge in [0.2, 0.25) is 0 Å². The van der Waals surface area contributed by atoms with E-state index >= 15 is 0 Å². The predicted molar refractivity (Wildman–Crippen MR) is 69.8 cm³/mol. The van der Waals surface area contributed by atoms with Crippen molar-refractivity contribution in [2.75, 3.05) is 7.11 Å². The molecule has 0 aliphatic rings. The summed E-state index contributed by atoms with van der Waals surface area (Å²) in [7, 11) is 1.39. The monoisotopic (exact) mass is 242 g/mol. The molecule has 0 aliphatic heterocycles. The van der Waals surface area contributed by atoms with Crippen LogP contribution >= 0.6 is 0 Å². The topological polar surface area (TPSA) is 43.4 Å². The van der Waals surface area contributed by atoms with Gasteiger partial charge in [-0.25, -0.2) is 0 Å². The number of methoxy groups -OCH3 is 1. The maximum absolute atomic E-state index is 11.5. The third-order valence-electron chi connectivity index (χ3n) is 3.08. The Bertz CT molecular complexity index is 602. The van der Waals surface area contributed by atoms with Crippen molar-refractivity contribution in [1.29, 1.82) is 0 Å². The van der Waals surface area contributed by atoms with Crippen LogP contribution in [0.2, 0.25) is 0 Å². The second-order valence-electron chi connectivity index (χ2n) is 4.23. The quantitative estimate of drug-likeness (QED) is 0.614. The summed E-state index contributed by atoms with van der Waals surface area (Å²) in [5.74, 6) is -0.538. The summed E-state index contributed by atoms with van der Waals surface area (Å²) in [6, 6.07) is 11.2. The zero-order valence-electron chi connectivity index (χ0n) is 10.3. The highest BCUT2D eigenvalue weighted by molar-refractivity contribution is 5.90. The van der Waals surface area contributed by atoms with Crippen LogP contribution in [0.5, 0.6) is 0 Å². The van der Waals surface area contributed by atoms with E-state index in [1.165, 1.54) is 7.11 Å². The minimum Gasteiger partial charge on any atom is -0.469 e. The van der Waals surface area contributed by atoms with E-state index in [9.17, 15) is 9.59 Å². The first kappa shape index (κ1) is 12.3. The normalized spacial score (nSPS) is 12.1. The summed E-state index contributed by atoms with van der Waals surface area (Å²) in [6.45, 7) is 1.81. The molecule has 0 saturated carbocycles. The first-order valence-corrected chi connectivity index (χ1v) is 5.72. The SMILES string of the molecule is COC(=O)C(C)c1ccc2cc(C=O)ccc2c1. The maximum Gasteiger partial charge on any atom is 0.312 e. The van der Waals surface area contributed by atoms with Crippen LogP contribution in [0, 0.1) is 0 Å². The van der Waals surface area contributed by atoms with Crippen molar-refractivity contribution in [2.24, 2.45) is 0 Å². The Hall–Kier alpha value is -2.16. The van der Waals surface area contributed by atoms with Crippen LogP contribution in [-0.4, -0.2) is 19.4 Å². The minimum atomic E-state index is -0.287. The molecule has 0 amide bonds. The molecule has 0 aliphatic carbocycles. The Morgan fingerprint density at radius 2 is 1.83 bits per heavy atom. The predicted octanol–water partition coefficient (Wildman–Crippen LogP) is 2.93. The average Bonchev–Trinajstić information content (AvgIpc) is 2.44. The number of esters is 1. The Kier molecular flexibility index (Phi) is 3.42. The Labute approximate surface area is 105 Å². The molecule has 0 radical (unpaired) electrons. The van der Waals surface area contributed by atoms with E-state index < -0.39 is 0 Å². The molecule has 1 atom stereocenters. The van der Waals surface area contributed by atoms with Crippen LogP contribution in [0.1, 0.15) is 28.8 Å². The van der Waals surface area contributed by atoms with Gasteiger partial charge >= 0.3 is 5.97 Å². The van der Waals surface area contributed by atoms with E-state index in [-0.39, 0.29) is 11.9 Å². The van der Waals surface area contributed by atoms with Crippen molar-refractivity contribution in [2.45, 2.75) is 12.8 Å². The fourth-order valence-corrected chi connectivity index (χ4v) is 1.94. The van der Waals surface area contributed by atoms with Crippen molar-refractivity contribution >= 4 is 23.0 Å². The van der Waals surface area contributed by atoms with Gasteiger partial charge in [-0.2, -0.15) is 0 Å². The third kappa shape index (κ3) is 2.25. The fraction of sp³-hybridized carbons (Fsp3) is 0.200. The standard InChI is InChI=1S/C15H14O3/c1-10(15(17)18-2)12-5-6-13-7-11(9-16)3-4-14(13)8-12/h3-10H,1-2H3. The fourth-order valence-electron chi connectivity index (χ4n) is 1.94. The number of aldehydes is 1. The molecule has 2 aromatic carbocycles. The largest absolute Gasteiger partial charge is 0.469 e. The van der Waals surface area contributed by atoms with Gasteiger partial charge in [-0.1, -0.05) is 30.3 Å². The smallest absolute Gasteiger partial charge is 0.312 e. The van der Waals surface area contributed by atoms with Gasteiger partial charge in [0.1, 0.15) is 6.29 Å². The van der Waals surface area contributed by atoms with E-state index in [0.717, 1.165) is 22.6 Å². The van der Waals surface area contributed by atoms with E-state index in [4.69, 9.17) is 4.74 Å². The number of carbonyl (C=O) groups is 2. The van der Waals surface area contributed by atoms with Crippen molar-refractivity contribution in [1.82, 2.24) is 0 Å². The van der Waals surface area contributed by atoms with E-state index in [0.29, 0.717) is 5.56 Å². The summed E-state index contributed by atoms with van der Waals surface area (Å²) in [5, 5.41) is 1.99. The molecule has 0 bridgehead atoms. The number of benzene rings is 2. The summed E-state index contributed by atoms with van der Waals surface area (Å²) in [5.41, 5.74) is 1.56. The molecule has 0 heterocycles. The number of carbonyl (C=O) groups excluding carboxylic acids is 2. The lowest BCUT2D eigenvalue weighted by Gasteiger charge is -2.10. The van der Waals surface area contributed by atoms with E-state index in [1.807, 2.05) is 37.3 Å². The van der Waals surface area contributed by atoms with Crippen LogP contribution in [0.15, 0.2) is 36.4 Å². The first-order chi connectivity index (χ1) is 8.65. The average molecular weight is 242 g/mol. The lowest BCUT2D eigenvalue weighted by atomic mass is 9.97. The summed E-state index contributed by atoms with van der Waals surface area (Å²) < 4.78 is 4.73. The van der Waals surface area contributed by atoms with Gasteiger partial charge in [0.25, 0.3) is 0 Å². The summed E-state index contributed by atoms with van der Waals surface area (Å²) in [4.78, 5) is 22.2. The van der Waals surface area contributed by atoms with E-state index in [1.54, 1.807) is 6.07 Å². The minimum absolute atomic E-state index is 0.251. The molecule has 0 saturated heterocycles. The van der Waals surface area contributed by atoms with Crippen LogP contribution < -0.4 is 0 Å². The lowest BCUT2D eigenvalue weighted by molar-refractivity contribution is -0.141.